The van der Waals surface area contributed by atoms with Gasteiger partial charge in [0.2, 0.25) is 5.88 Å². The minimum Gasteiger partial charge on any atom is -0.467 e. The number of aryl methyl sites for hydroxylation is 1. The lowest BCUT2D eigenvalue weighted by atomic mass is 10.0. The monoisotopic (exact) mass is 417 g/mol. The molecule has 28 heavy (non-hydrogen) atoms. The van der Waals surface area contributed by atoms with Crippen LogP contribution in [-0.4, -0.2) is 48.4 Å². The number of carbonyl (C=O) groups is 1. The Hall–Kier alpha value is -2.52. The van der Waals surface area contributed by atoms with Gasteiger partial charge in [0.1, 0.15) is 11.2 Å². The van der Waals surface area contributed by atoms with E-state index in [-0.39, 0.29) is 30.1 Å². The van der Waals surface area contributed by atoms with Crippen molar-refractivity contribution < 1.29 is 17.9 Å². The zero-order valence-electron chi connectivity index (χ0n) is 15.2. The zero-order valence-corrected chi connectivity index (χ0v) is 16.8. The lowest BCUT2D eigenvalue weighted by Gasteiger charge is -2.12. The normalized spacial score (nSPS) is 18.2. The highest BCUT2D eigenvalue weighted by Gasteiger charge is 2.29. The van der Waals surface area contributed by atoms with E-state index in [0.717, 1.165) is 21.3 Å². The number of amides is 1. The SMILES string of the molecule is Cc1ccc(-c2csc3ncnc(OCC(=O)N[C@@H]4CCS(=O)(=O)C4)c23)cc1. The molecule has 3 aromatic rings. The lowest BCUT2D eigenvalue weighted by molar-refractivity contribution is -0.123. The summed E-state index contributed by atoms with van der Waals surface area (Å²) in [7, 11) is -3.04. The number of benzene rings is 1. The highest BCUT2D eigenvalue weighted by molar-refractivity contribution is 7.91. The Balaban J connectivity index is 1.52. The molecule has 3 heterocycles. The topological polar surface area (TPSA) is 98.2 Å². The van der Waals surface area contributed by atoms with Crippen LogP contribution in [0.2, 0.25) is 0 Å². The molecule has 1 saturated heterocycles. The Morgan fingerprint density at radius 2 is 2.07 bits per heavy atom. The van der Waals surface area contributed by atoms with Crippen LogP contribution in [0.1, 0.15) is 12.0 Å². The standard InChI is InChI=1S/C19H19N3O4S2/c1-12-2-4-13(5-3-12)15-9-27-19-17(15)18(20-11-21-19)26-8-16(23)22-14-6-7-28(24,25)10-14/h2-5,9,11,14H,6-8,10H2,1H3,(H,22,23)/t14-/m1/s1. The van der Waals surface area contributed by atoms with E-state index in [1.165, 1.54) is 23.2 Å². The van der Waals surface area contributed by atoms with Crippen molar-refractivity contribution in [1.82, 2.24) is 15.3 Å². The first-order valence-electron chi connectivity index (χ1n) is 8.83. The van der Waals surface area contributed by atoms with Crippen LogP contribution >= 0.6 is 11.3 Å². The summed E-state index contributed by atoms with van der Waals surface area (Å²) in [6.45, 7) is 1.80. The van der Waals surface area contributed by atoms with Gasteiger partial charge in [-0.2, -0.15) is 0 Å². The molecule has 0 bridgehead atoms. The summed E-state index contributed by atoms with van der Waals surface area (Å²) in [6, 6.07) is 7.77. The van der Waals surface area contributed by atoms with E-state index in [2.05, 4.69) is 15.3 Å². The summed E-state index contributed by atoms with van der Waals surface area (Å²) < 4.78 is 28.7. The van der Waals surface area contributed by atoms with Crippen LogP contribution in [-0.2, 0) is 14.6 Å². The van der Waals surface area contributed by atoms with Crippen LogP contribution in [0.5, 0.6) is 5.88 Å². The number of nitrogens with one attached hydrogen (secondary N) is 1. The van der Waals surface area contributed by atoms with Gasteiger partial charge in [0, 0.05) is 17.0 Å². The van der Waals surface area contributed by atoms with Crippen LogP contribution < -0.4 is 10.1 Å². The van der Waals surface area contributed by atoms with Crippen LogP contribution in [0.25, 0.3) is 21.3 Å². The number of hydrogen-bond acceptors (Lipinski definition) is 7. The minimum atomic E-state index is -3.04. The molecule has 1 aromatic carbocycles. The fourth-order valence-corrected chi connectivity index (χ4v) is 5.79. The highest BCUT2D eigenvalue weighted by atomic mass is 32.2. The maximum atomic E-state index is 12.2. The molecule has 1 fully saturated rings. The maximum absolute atomic E-state index is 12.2. The second kappa shape index (κ2) is 7.48. The summed E-state index contributed by atoms with van der Waals surface area (Å²) >= 11 is 1.49. The molecule has 146 valence electrons. The van der Waals surface area contributed by atoms with Crippen molar-refractivity contribution in [3.63, 3.8) is 0 Å². The van der Waals surface area contributed by atoms with Crippen molar-refractivity contribution in [3.8, 4) is 17.0 Å². The fraction of sp³-hybridized carbons (Fsp3) is 0.316. The van der Waals surface area contributed by atoms with Crippen LogP contribution in [0.4, 0.5) is 0 Å². The second-order valence-electron chi connectivity index (χ2n) is 6.83. The van der Waals surface area contributed by atoms with E-state index >= 15 is 0 Å². The molecular formula is C19H19N3O4S2. The third-order valence-corrected chi connectivity index (χ3v) is 7.29. The van der Waals surface area contributed by atoms with Crippen LogP contribution in [0.3, 0.4) is 0 Å². The summed E-state index contributed by atoms with van der Waals surface area (Å²) in [6.07, 6.45) is 1.85. The van der Waals surface area contributed by atoms with Crippen LogP contribution in [0.15, 0.2) is 36.0 Å². The smallest absolute Gasteiger partial charge is 0.258 e. The van der Waals surface area contributed by atoms with E-state index in [1.807, 2.05) is 36.6 Å². The Morgan fingerprint density at radius 1 is 1.29 bits per heavy atom. The number of fused-ring (bicyclic) bond motifs is 1. The van der Waals surface area contributed by atoms with Gasteiger partial charge in [-0.3, -0.25) is 4.79 Å². The van der Waals surface area contributed by atoms with Gasteiger partial charge >= 0.3 is 0 Å². The van der Waals surface area contributed by atoms with E-state index in [1.54, 1.807) is 0 Å². The molecule has 7 nitrogen and oxygen atoms in total. The number of rotatable bonds is 5. The van der Waals surface area contributed by atoms with Gasteiger partial charge < -0.3 is 10.1 Å². The predicted octanol–water partition coefficient (Wildman–Crippen LogP) is 2.35. The maximum Gasteiger partial charge on any atom is 0.258 e. The highest BCUT2D eigenvalue weighted by Crippen LogP contribution is 2.37. The minimum absolute atomic E-state index is 0.0153. The molecule has 1 amide bonds. The quantitative estimate of drug-likeness (QED) is 0.684. The van der Waals surface area contributed by atoms with E-state index in [0.29, 0.717) is 12.3 Å². The van der Waals surface area contributed by atoms with E-state index in [9.17, 15) is 13.2 Å². The number of hydrogen-bond donors (Lipinski definition) is 1. The van der Waals surface area contributed by atoms with Gasteiger partial charge in [0.05, 0.1) is 16.9 Å². The van der Waals surface area contributed by atoms with E-state index < -0.39 is 9.84 Å². The number of sulfone groups is 1. The summed E-state index contributed by atoms with van der Waals surface area (Å²) in [5.41, 5.74) is 3.15. The summed E-state index contributed by atoms with van der Waals surface area (Å²) in [5.74, 6) is 0.0793. The molecule has 1 N–H and O–H groups in total. The van der Waals surface area contributed by atoms with E-state index in [4.69, 9.17) is 4.74 Å². The predicted molar refractivity (Wildman–Crippen MR) is 108 cm³/mol. The first kappa shape index (κ1) is 18.8. The molecule has 4 rings (SSSR count). The van der Waals surface area contributed by atoms with Gasteiger partial charge in [-0.1, -0.05) is 29.8 Å². The molecule has 1 atom stereocenters. The van der Waals surface area contributed by atoms with Gasteiger partial charge in [0.25, 0.3) is 5.91 Å². The van der Waals surface area contributed by atoms with Crippen LogP contribution in [0, 0.1) is 6.92 Å². The number of nitrogens with zero attached hydrogens (tertiary/aromatic N) is 2. The number of carbonyl (C=O) groups excluding carboxylic acids is 1. The number of ether oxygens (including phenoxy) is 1. The summed E-state index contributed by atoms with van der Waals surface area (Å²) in [4.78, 5) is 21.5. The van der Waals surface area contributed by atoms with Gasteiger partial charge in [0.15, 0.2) is 16.4 Å². The molecular weight excluding hydrogens is 398 g/mol. The molecule has 0 aliphatic carbocycles. The molecule has 1 aliphatic heterocycles. The Morgan fingerprint density at radius 3 is 2.79 bits per heavy atom. The average Bonchev–Trinajstić information content (AvgIpc) is 3.24. The molecule has 9 heteroatoms. The summed E-state index contributed by atoms with van der Waals surface area (Å²) in [5, 5.41) is 5.49. The van der Waals surface area contributed by atoms with Gasteiger partial charge in [-0.05, 0) is 18.9 Å². The van der Waals surface area contributed by atoms with Crippen molar-refractivity contribution in [3.05, 3.63) is 41.5 Å². The first-order chi connectivity index (χ1) is 13.4. The van der Waals surface area contributed by atoms with Gasteiger partial charge in [-0.15, -0.1) is 11.3 Å². The molecule has 0 unspecified atom stereocenters. The van der Waals surface area contributed by atoms with Crippen molar-refractivity contribution in [2.75, 3.05) is 18.1 Å². The third-order valence-electron chi connectivity index (χ3n) is 4.64. The Labute approximate surface area is 166 Å². The third kappa shape index (κ3) is 4.00. The molecule has 0 spiro atoms. The fourth-order valence-electron chi connectivity index (χ4n) is 3.21. The first-order valence-corrected chi connectivity index (χ1v) is 11.5. The molecule has 1 aliphatic rings. The molecule has 2 aromatic heterocycles. The molecule has 0 saturated carbocycles. The second-order valence-corrected chi connectivity index (χ2v) is 9.92. The Bertz CT molecular complexity index is 1120. The molecule has 0 radical (unpaired) electrons. The zero-order chi connectivity index (χ0) is 19.7. The van der Waals surface area contributed by atoms with Gasteiger partial charge in [-0.25, -0.2) is 18.4 Å². The number of thiophene rings is 1. The lowest BCUT2D eigenvalue weighted by Crippen LogP contribution is -2.38. The van der Waals surface area contributed by atoms with Crippen molar-refractivity contribution >= 4 is 37.3 Å². The van der Waals surface area contributed by atoms with Crippen molar-refractivity contribution in [1.29, 1.82) is 0 Å². The average molecular weight is 418 g/mol. The van der Waals surface area contributed by atoms with Crippen molar-refractivity contribution in [2.24, 2.45) is 0 Å². The largest absolute Gasteiger partial charge is 0.467 e. The Kier molecular flexibility index (Phi) is 5.03. The number of aromatic nitrogens is 2. The van der Waals surface area contributed by atoms with Crippen molar-refractivity contribution in [2.45, 2.75) is 19.4 Å².